The molecule has 0 unspecified atom stereocenters. The van der Waals surface area contributed by atoms with Gasteiger partial charge in [0.25, 0.3) is 0 Å². The van der Waals surface area contributed by atoms with Crippen molar-refractivity contribution in [2.75, 3.05) is 0 Å². The van der Waals surface area contributed by atoms with Gasteiger partial charge in [0.05, 0.1) is 0 Å². The van der Waals surface area contributed by atoms with Gasteiger partial charge in [-0.05, 0) is 0 Å². The molecule has 0 N–H and O–H groups in total. The van der Waals surface area contributed by atoms with Crippen molar-refractivity contribution in [3.8, 4) is 0 Å². The zero-order chi connectivity index (χ0) is 87.7. The van der Waals surface area contributed by atoms with Crippen LogP contribution in [0.25, 0.3) is 0 Å². The van der Waals surface area contributed by atoms with Crippen molar-refractivity contribution in [1.29, 1.82) is 0 Å². The Kier molecular flexibility index (Phi) is 30.4. The Morgan fingerprint density at radius 1 is 0.100 bits per heavy atom. The Morgan fingerprint density at radius 3 is 0.223 bits per heavy atom. The van der Waals surface area contributed by atoms with Crippen LogP contribution in [0, 0.1) is 0 Å². The average Bonchev–Trinajstić information content (AvgIpc) is 0.697. The van der Waals surface area contributed by atoms with Crippen molar-refractivity contribution < 1.29 is 14.1 Å². The Hall–Kier alpha value is -11.6. The second-order valence-corrected chi connectivity index (χ2v) is 80.8. The van der Waals surface area contributed by atoms with Crippen molar-refractivity contribution in [3.63, 3.8) is 0 Å². The Labute approximate surface area is 798 Å². The van der Waals surface area contributed by atoms with E-state index >= 15 is 0 Å². The van der Waals surface area contributed by atoms with Crippen molar-refractivity contribution in [1.82, 2.24) is 0 Å². The molecule has 0 atom stereocenters. The Bertz CT molecular complexity index is 4740. The molecule has 0 aliphatic rings. The molecule has 0 spiro atoms. The van der Waals surface area contributed by atoms with Gasteiger partial charge in [-0.2, -0.15) is 0 Å². The molecule has 0 aliphatic heterocycles. The van der Waals surface area contributed by atoms with Gasteiger partial charge in [-0.1, -0.05) is 0 Å². The molecule has 18 aromatic rings. The second kappa shape index (κ2) is 44.4. The quantitative estimate of drug-likeness (QED) is 0.0337. The van der Waals surface area contributed by atoms with Crippen LogP contribution in [0.15, 0.2) is 546 Å². The van der Waals surface area contributed by atoms with Crippen LogP contribution in [0.1, 0.15) is 150 Å². The molecule has 18 rings (SSSR count). The minimum atomic E-state index is -2.82. The van der Waals surface area contributed by atoms with Crippen LogP contribution in [-0.2, 0) is 14.1 Å². The third-order valence-electron chi connectivity index (χ3n) is 28.1. The number of rotatable bonds is 39. The first kappa shape index (κ1) is 89.1. The standard InChI is InChI=1S/3C40H39Si3.Cr/c3*1-7-19-31(20-8-1)37(32-21-9-2-10-22-32)41-40(42-38(33-23-11-3-12-24-33)34-25-13-4-14-26-34)43-39(35-27-15-5-16-28-35)36-29-17-6-18-30-36;/h3*1-30,37-39H,41-43H2;. The SMILES string of the molecule is c1ccc(C([SiH2][C]([SiH2]C(c2ccccc2)c2ccccc2)([SiH2]C(c2ccccc2)c2ccccc2)[Cr]([C]([SiH2]C(c2ccccc2)c2ccccc2)([SiH2]C(c2ccccc2)c2ccccc2)[SiH2]C(c2ccccc2)c2ccccc2)[C]([SiH2]C(c2ccccc2)c2ccccc2)([SiH2]C(c2ccccc2)c2ccccc2)[SiH2]C(c2ccccc2)c2ccccc2)c2ccccc2)cc1. The predicted molar refractivity (Wildman–Crippen MR) is 578 cm³/mol. The molecule has 10 heteroatoms. The third-order valence-corrected chi connectivity index (χ3v) is 84.4. The Balaban J connectivity index is 1.16. The maximum atomic E-state index is 2.63. The normalized spacial score (nSPS) is 14.0. The van der Waals surface area contributed by atoms with Crippen molar-refractivity contribution in [2.24, 2.45) is 0 Å². The van der Waals surface area contributed by atoms with Gasteiger partial charge in [0.2, 0.25) is 0 Å². The molecule has 18 aromatic carbocycles. The summed E-state index contributed by atoms with van der Waals surface area (Å²) in [6, 6.07) is 224. The molecular weight excluding hydrogens is 1750 g/mol. The zero-order valence-corrected chi connectivity index (χ0v) is 88.4. The van der Waals surface area contributed by atoms with Crippen molar-refractivity contribution in [3.05, 3.63) is 646 Å². The molecule has 0 bridgehead atoms. The molecule has 639 valence electrons. The van der Waals surface area contributed by atoms with E-state index in [0.717, 1.165) is 0 Å². The van der Waals surface area contributed by atoms with E-state index in [1.54, 1.807) is 0 Å². The summed E-state index contributed by atoms with van der Waals surface area (Å²) in [5, 5.41) is 0. The van der Waals surface area contributed by atoms with Crippen LogP contribution in [0.4, 0.5) is 0 Å². The van der Waals surface area contributed by atoms with E-state index in [1.807, 2.05) is 0 Å². The molecule has 0 heterocycles. The summed E-state index contributed by atoms with van der Waals surface area (Å²) in [5.74, 6) is 0. The molecule has 0 radical (unpaired) electrons. The van der Waals surface area contributed by atoms with Gasteiger partial charge in [0.1, 0.15) is 0 Å². The fourth-order valence-electron chi connectivity index (χ4n) is 22.4. The molecule has 0 fully saturated rings. The van der Waals surface area contributed by atoms with Gasteiger partial charge >= 0.3 is 805 Å². The minimum absolute atomic E-state index is 0.107. The zero-order valence-electron chi connectivity index (χ0n) is 74.4. The van der Waals surface area contributed by atoms with Crippen LogP contribution in [0.5, 0.6) is 0 Å². The molecule has 0 nitrogen and oxygen atoms in total. The first-order valence-corrected chi connectivity index (χ1v) is 62.7. The number of benzene rings is 18. The predicted octanol–water partition coefficient (Wildman–Crippen LogP) is 22.3. The van der Waals surface area contributed by atoms with Crippen LogP contribution in [-0.4, -0.2) is 85.7 Å². The summed E-state index contributed by atoms with van der Waals surface area (Å²) in [7, 11) is -14.6. The monoisotopic (exact) mass is 1860 g/mol. The first-order chi connectivity index (χ1) is 64.4. The molecule has 0 aromatic heterocycles. The Morgan fingerprint density at radius 2 is 0.162 bits per heavy atom. The van der Waals surface area contributed by atoms with Crippen LogP contribution < -0.4 is 0 Å². The number of hydrogen-bond acceptors (Lipinski definition) is 0. The first-order valence-electron chi connectivity index (χ1n) is 47.1. The van der Waals surface area contributed by atoms with E-state index < -0.39 is 99.8 Å². The summed E-state index contributed by atoms with van der Waals surface area (Å²) >= 11 is -2.82. The van der Waals surface area contributed by atoms with Crippen LogP contribution >= 0.6 is 0 Å². The van der Waals surface area contributed by atoms with Gasteiger partial charge in [0.15, 0.2) is 0 Å². The molecule has 0 saturated carbocycles. The summed E-state index contributed by atoms with van der Waals surface area (Å²) < 4.78 is -0.320. The van der Waals surface area contributed by atoms with Gasteiger partial charge < -0.3 is 0 Å². The van der Waals surface area contributed by atoms with Gasteiger partial charge in [-0.15, -0.1) is 0 Å². The summed E-state index contributed by atoms with van der Waals surface area (Å²) in [5.41, 5.74) is 28.6. The van der Waals surface area contributed by atoms with Crippen LogP contribution in [0.2, 0.25) is 9.44 Å². The summed E-state index contributed by atoms with van der Waals surface area (Å²) in [6.07, 6.45) is 0. The van der Waals surface area contributed by atoms with Crippen molar-refractivity contribution in [2.45, 2.75) is 59.3 Å². The van der Waals surface area contributed by atoms with E-state index in [-0.39, 0.29) is 59.3 Å². The summed E-state index contributed by atoms with van der Waals surface area (Å²) in [6.45, 7) is 0. The van der Waals surface area contributed by atoms with Gasteiger partial charge in [-0.25, -0.2) is 0 Å². The fourth-order valence-corrected chi connectivity index (χ4v) is 125. The third kappa shape index (κ3) is 21.7. The van der Waals surface area contributed by atoms with E-state index in [1.165, 1.54) is 100 Å². The maximum absolute atomic E-state index is 2.82. The van der Waals surface area contributed by atoms with Gasteiger partial charge in [0, 0.05) is 0 Å². The second-order valence-electron chi connectivity index (χ2n) is 36.1. The molecule has 0 saturated heterocycles. The van der Waals surface area contributed by atoms with E-state index in [4.69, 9.17) is 0 Å². The molecule has 0 aliphatic carbocycles. The topological polar surface area (TPSA) is 0 Å². The van der Waals surface area contributed by atoms with E-state index in [0.29, 0.717) is 0 Å². The van der Waals surface area contributed by atoms with E-state index in [9.17, 15) is 0 Å². The average molecular weight is 1860 g/mol. The fraction of sp³-hybridized carbons (Fsp3) is 0.100. The number of hydrogen-bond donors (Lipinski definition) is 0. The molecule has 130 heavy (non-hydrogen) atoms. The molecular formula is C120H117CrSi9. The van der Waals surface area contributed by atoms with Gasteiger partial charge in [-0.3, -0.25) is 0 Å². The van der Waals surface area contributed by atoms with E-state index in [2.05, 4.69) is 546 Å². The summed E-state index contributed by atoms with van der Waals surface area (Å²) in [4.78, 5) is 0. The molecule has 0 amide bonds. The van der Waals surface area contributed by atoms with Crippen molar-refractivity contribution >= 4 is 85.7 Å². The van der Waals surface area contributed by atoms with Crippen LogP contribution in [0.3, 0.4) is 0 Å².